The van der Waals surface area contributed by atoms with Crippen LogP contribution in [0.4, 0.5) is 0 Å². The summed E-state index contributed by atoms with van der Waals surface area (Å²) in [5.74, 6) is 2.50. The molecule has 6 rings (SSSR count). The number of fused-ring (bicyclic) bond motifs is 12. The molecule has 3 aromatic rings. The minimum absolute atomic E-state index is 0.135. The van der Waals surface area contributed by atoms with Gasteiger partial charge in [0.1, 0.15) is 5.76 Å². The highest BCUT2D eigenvalue weighted by Gasteiger charge is 2.56. The monoisotopic (exact) mass is 330 g/mol. The van der Waals surface area contributed by atoms with Gasteiger partial charge < -0.3 is 4.42 Å². The lowest BCUT2D eigenvalue weighted by Crippen LogP contribution is -2.20. The highest BCUT2D eigenvalue weighted by Crippen LogP contribution is 2.63. The molecular weight excluding hydrogens is 312 g/mol. The lowest BCUT2D eigenvalue weighted by Gasteiger charge is -2.24. The second-order valence-electron chi connectivity index (χ2n) is 8.02. The van der Waals surface area contributed by atoms with Crippen molar-refractivity contribution in [1.29, 1.82) is 0 Å². The van der Waals surface area contributed by atoms with Crippen molar-refractivity contribution in [3.05, 3.63) is 57.6 Å². The summed E-state index contributed by atoms with van der Waals surface area (Å²) in [4.78, 5) is 26.1. The van der Waals surface area contributed by atoms with Crippen LogP contribution >= 0.6 is 0 Å². The number of ketones is 1. The number of hydrogen-bond acceptors (Lipinski definition) is 3. The van der Waals surface area contributed by atoms with Gasteiger partial charge in [0.15, 0.2) is 5.78 Å². The molecule has 4 atom stereocenters. The van der Waals surface area contributed by atoms with Crippen LogP contribution in [0.5, 0.6) is 0 Å². The standard InChI is InChI=1S/C22H18O3/c1-10-8-15-18(22(24)25-10)13-4-2-3-5-14(13)20-19(15)16-11-6-7-12(9-11)17(16)21(20)23/h2-5,8,11-12,16-17H,6-7,9H2,1H3/t11-,12+,16+,17-/m1/s1. The summed E-state index contributed by atoms with van der Waals surface area (Å²) in [5.41, 5.74) is 1.75. The van der Waals surface area contributed by atoms with Crippen molar-refractivity contribution < 1.29 is 9.21 Å². The predicted molar refractivity (Wildman–Crippen MR) is 96.1 cm³/mol. The van der Waals surface area contributed by atoms with E-state index in [9.17, 15) is 9.59 Å². The van der Waals surface area contributed by atoms with E-state index in [1.54, 1.807) is 0 Å². The molecule has 124 valence electrons. The van der Waals surface area contributed by atoms with E-state index >= 15 is 0 Å². The zero-order valence-electron chi connectivity index (χ0n) is 14.0. The number of aryl methyl sites for hydroxylation is 1. The molecule has 0 unspecified atom stereocenters. The van der Waals surface area contributed by atoms with Crippen molar-refractivity contribution >= 4 is 27.3 Å². The third-order valence-corrected chi connectivity index (χ3v) is 6.90. The second-order valence-corrected chi connectivity index (χ2v) is 8.02. The molecule has 0 N–H and O–H groups in total. The Labute approximate surface area is 144 Å². The molecule has 3 heteroatoms. The Morgan fingerprint density at radius 3 is 2.48 bits per heavy atom. The molecule has 25 heavy (non-hydrogen) atoms. The van der Waals surface area contributed by atoms with Gasteiger partial charge in [-0.3, -0.25) is 4.79 Å². The van der Waals surface area contributed by atoms with Gasteiger partial charge in [-0.15, -0.1) is 0 Å². The van der Waals surface area contributed by atoms with Gasteiger partial charge in [-0.25, -0.2) is 4.79 Å². The van der Waals surface area contributed by atoms with Crippen molar-refractivity contribution in [3.63, 3.8) is 0 Å². The average molecular weight is 330 g/mol. The fourth-order valence-electron chi connectivity index (χ4n) is 6.14. The van der Waals surface area contributed by atoms with E-state index in [1.165, 1.54) is 19.3 Å². The summed E-state index contributed by atoms with van der Waals surface area (Å²) in [6.45, 7) is 1.82. The van der Waals surface area contributed by atoms with Crippen LogP contribution < -0.4 is 5.63 Å². The predicted octanol–water partition coefficient (Wildman–Crippen LogP) is 4.58. The SMILES string of the molecule is Cc1cc2c3c(c4ccccc4c2c(=O)o1)C(=O)[C@@H]1[C@H]2CC[C@H](C2)[C@H]31. The summed E-state index contributed by atoms with van der Waals surface area (Å²) in [6.07, 6.45) is 3.57. The summed E-state index contributed by atoms with van der Waals surface area (Å²) in [6, 6.07) is 9.80. The number of carbonyl (C=O) groups excluding carboxylic acids is 1. The van der Waals surface area contributed by atoms with E-state index in [2.05, 4.69) is 0 Å². The maximum atomic E-state index is 13.4. The van der Waals surface area contributed by atoms with E-state index in [0.717, 1.165) is 27.3 Å². The highest BCUT2D eigenvalue weighted by atomic mass is 16.4. The summed E-state index contributed by atoms with van der Waals surface area (Å²) in [7, 11) is 0. The largest absolute Gasteiger partial charge is 0.428 e. The molecule has 0 aliphatic heterocycles. The van der Waals surface area contributed by atoms with E-state index in [1.807, 2.05) is 37.3 Å². The van der Waals surface area contributed by atoms with Crippen LogP contribution in [-0.4, -0.2) is 5.78 Å². The molecule has 1 heterocycles. The zero-order chi connectivity index (χ0) is 16.9. The van der Waals surface area contributed by atoms with E-state index in [4.69, 9.17) is 4.42 Å². The van der Waals surface area contributed by atoms with Gasteiger partial charge in [-0.1, -0.05) is 24.3 Å². The second kappa shape index (κ2) is 4.40. The van der Waals surface area contributed by atoms with Crippen LogP contribution in [0, 0.1) is 24.7 Å². The lowest BCUT2D eigenvalue weighted by atomic mass is 9.78. The zero-order valence-corrected chi connectivity index (χ0v) is 14.0. The third kappa shape index (κ3) is 1.53. The van der Waals surface area contributed by atoms with E-state index in [-0.39, 0.29) is 11.5 Å². The molecule has 0 amide bonds. The molecule has 2 bridgehead atoms. The third-order valence-electron chi connectivity index (χ3n) is 6.90. The van der Waals surface area contributed by atoms with Crippen molar-refractivity contribution in [1.82, 2.24) is 0 Å². The first-order chi connectivity index (χ1) is 12.1. The number of hydrogen-bond donors (Lipinski definition) is 0. The van der Waals surface area contributed by atoms with Crippen LogP contribution in [-0.2, 0) is 0 Å². The number of rotatable bonds is 0. The van der Waals surface area contributed by atoms with Gasteiger partial charge in [-0.2, -0.15) is 0 Å². The first-order valence-electron chi connectivity index (χ1n) is 9.18. The molecule has 0 saturated heterocycles. The van der Waals surface area contributed by atoms with Gasteiger partial charge in [0, 0.05) is 11.5 Å². The van der Waals surface area contributed by atoms with Crippen LogP contribution in [0.3, 0.4) is 0 Å². The van der Waals surface area contributed by atoms with E-state index < -0.39 is 0 Å². The molecule has 0 radical (unpaired) electrons. The summed E-state index contributed by atoms with van der Waals surface area (Å²) >= 11 is 0. The van der Waals surface area contributed by atoms with Crippen molar-refractivity contribution in [2.24, 2.45) is 17.8 Å². The molecule has 3 aliphatic rings. The Morgan fingerprint density at radius 1 is 0.960 bits per heavy atom. The lowest BCUT2D eigenvalue weighted by molar-refractivity contribution is 0.0884. The molecule has 2 saturated carbocycles. The Kier molecular flexibility index (Phi) is 2.43. The van der Waals surface area contributed by atoms with Gasteiger partial charge in [0.05, 0.1) is 5.39 Å². The van der Waals surface area contributed by atoms with Gasteiger partial charge in [-0.05, 0) is 71.7 Å². The molecule has 3 aliphatic carbocycles. The van der Waals surface area contributed by atoms with Crippen LogP contribution in [0.1, 0.15) is 46.9 Å². The maximum Gasteiger partial charge on any atom is 0.344 e. The van der Waals surface area contributed by atoms with Crippen LogP contribution in [0.2, 0.25) is 0 Å². The normalized spacial score (nSPS) is 29.6. The Bertz CT molecular complexity index is 1150. The molecule has 2 aromatic carbocycles. The quantitative estimate of drug-likeness (QED) is 0.567. The number of Topliss-reactive ketones (excluding diaryl/α,β-unsaturated/α-hetero) is 1. The highest BCUT2D eigenvalue weighted by molar-refractivity contribution is 6.22. The first kappa shape index (κ1) is 13.8. The Morgan fingerprint density at radius 2 is 1.68 bits per heavy atom. The molecule has 3 nitrogen and oxygen atoms in total. The minimum Gasteiger partial charge on any atom is -0.428 e. The van der Waals surface area contributed by atoms with E-state index in [0.29, 0.717) is 34.7 Å². The molecule has 1 aromatic heterocycles. The fourth-order valence-corrected chi connectivity index (χ4v) is 6.14. The Hall–Kier alpha value is -2.42. The Balaban J connectivity index is 1.86. The molecular formula is C22H18O3. The van der Waals surface area contributed by atoms with Crippen LogP contribution in [0.25, 0.3) is 21.5 Å². The average Bonchev–Trinajstić information content (AvgIpc) is 3.27. The smallest absolute Gasteiger partial charge is 0.344 e. The molecule has 0 spiro atoms. The summed E-state index contributed by atoms with van der Waals surface area (Å²) in [5, 5.41) is 3.39. The van der Waals surface area contributed by atoms with Crippen molar-refractivity contribution in [2.45, 2.75) is 32.1 Å². The first-order valence-corrected chi connectivity index (χ1v) is 9.18. The van der Waals surface area contributed by atoms with Gasteiger partial charge >= 0.3 is 5.63 Å². The topological polar surface area (TPSA) is 47.3 Å². The minimum atomic E-state index is -0.284. The fraction of sp³-hybridized carbons (Fsp3) is 0.364. The van der Waals surface area contributed by atoms with Crippen molar-refractivity contribution in [2.75, 3.05) is 0 Å². The number of benzene rings is 2. The van der Waals surface area contributed by atoms with Crippen molar-refractivity contribution in [3.8, 4) is 0 Å². The van der Waals surface area contributed by atoms with Crippen LogP contribution in [0.15, 0.2) is 39.5 Å². The maximum absolute atomic E-state index is 13.4. The number of carbonyl (C=O) groups is 1. The summed E-state index contributed by atoms with van der Waals surface area (Å²) < 4.78 is 5.42. The van der Waals surface area contributed by atoms with Gasteiger partial charge in [0.25, 0.3) is 0 Å². The van der Waals surface area contributed by atoms with Gasteiger partial charge in [0.2, 0.25) is 0 Å². The molecule has 2 fully saturated rings.